The third-order valence-electron chi connectivity index (χ3n) is 3.01. The van der Waals surface area contributed by atoms with Crippen molar-refractivity contribution in [1.82, 2.24) is 0 Å². The summed E-state index contributed by atoms with van der Waals surface area (Å²) < 4.78 is 10.6. The first-order valence-corrected chi connectivity index (χ1v) is 7.13. The first-order valence-electron chi connectivity index (χ1n) is 7.13. The number of ether oxygens (including phenoxy) is 2. The Morgan fingerprint density at radius 3 is 2.39 bits per heavy atom. The number of esters is 1. The zero-order chi connectivity index (χ0) is 16.8. The van der Waals surface area contributed by atoms with Gasteiger partial charge in [-0.1, -0.05) is 12.1 Å². The highest BCUT2D eigenvalue weighted by Crippen LogP contribution is 2.19. The molecule has 0 heterocycles. The van der Waals surface area contributed by atoms with Gasteiger partial charge < -0.3 is 9.47 Å². The molecule has 2 aromatic carbocycles. The van der Waals surface area contributed by atoms with Gasteiger partial charge in [-0.25, -0.2) is 4.79 Å². The van der Waals surface area contributed by atoms with Crippen molar-refractivity contribution in [3.8, 4) is 5.75 Å². The molecule has 0 spiro atoms. The average Bonchev–Trinajstić information content (AvgIpc) is 2.53. The number of nitro groups is 1. The van der Waals surface area contributed by atoms with Gasteiger partial charge in [0.1, 0.15) is 12.4 Å². The third kappa shape index (κ3) is 4.54. The van der Waals surface area contributed by atoms with E-state index in [1.54, 1.807) is 42.5 Å². The van der Waals surface area contributed by atoms with Crippen molar-refractivity contribution in [2.24, 2.45) is 0 Å². The van der Waals surface area contributed by atoms with Crippen LogP contribution in [0.5, 0.6) is 5.75 Å². The minimum absolute atomic E-state index is 0.0476. The summed E-state index contributed by atoms with van der Waals surface area (Å²) in [5, 5.41) is 10.9. The topological polar surface area (TPSA) is 78.7 Å². The summed E-state index contributed by atoms with van der Waals surface area (Å²) in [6, 6.07) is 12.7. The molecule has 0 amide bonds. The van der Waals surface area contributed by atoms with Crippen LogP contribution in [0.3, 0.4) is 0 Å². The van der Waals surface area contributed by atoms with Crippen molar-refractivity contribution >= 4 is 11.7 Å². The Bertz CT molecular complexity index is 694. The zero-order valence-electron chi connectivity index (χ0n) is 12.9. The molecule has 23 heavy (non-hydrogen) atoms. The Kier molecular flexibility index (Phi) is 5.30. The molecule has 120 valence electrons. The Hall–Kier alpha value is -2.89. The maximum absolute atomic E-state index is 12.0. The molecule has 0 bridgehead atoms. The summed E-state index contributed by atoms with van der Waals surface area (Å²) in [6.07, 6.45) is 0.0476. The highest BCUT2D eigenvalue weighted by molar-refractivity contribution is 5.89. The van der Waals surface area contributed by atoms with Crippen LogP contribution in [0.15, 0.2) is 48.5 Å². The molecule has 0 aliphatic heterocycles. The van der Waals surface area contributed by atoms with Crippen LogP contribution in [0, 0.1) is 10.1 Å². The maximum atomic E-state index is 12.0. The van der Waals surface area contributed by atoms with Crippen LogP contribution in [0.2, 0.25) is 0 Å². The monoisotopic (exact) mass is 315 g/mol. The van der Waals surface area contributed by atoms with E-state index in [0.717, 1.165) is 0 Å². The summed E-state index contributed by atoms with van der Waals surface area (Å²) in [7, 11) is 0. The fraction of sp³-hybridized carbons (Fsp3) is 0.235. The largest absolute Gasteiger partial charge is 0.491 e. The number of nitrogens with zero attached hydrogens (tertiary/aromatic N) is 1. The lowest BCUT2D eigenvalue weighted by Gasteiger charge is -2.10. The van der Waals surface area contributed by atoms with E-state index in [1.807, 2.05) is 13.8 Å². The lowest BCUT2D eigenvalue weighted by molar-refractivity contribution is -0.385. The second kappa shape index (κ2) is 7.40. The molecule has 0 saturated heterocycles. The van der Waals surface area contributed by atoms with E-state index in [1.165, 1.54) is 6.07 Å². The van der Waals surface area contributed by atoms with Crippen LogP contribution in [-0.4, -0.2) is 17.0 Å². The highest BCUT2D eigenvalue weighted by Gasteiger charge is 2.15. The molecule has 2 aromatic rings. The molecular formula is C17H17NO5. The Labute approximate surface area is 133 Å². The van der Waals surface area contributed by atoms with Crippen LogP contribution >= 0.6 is 0 Å². The van der Waals surface area contributed by atoms with E-state index in [-0.39, 0.29) is 18.4 Å². The number of carbonyl (C=O) groups excluding carboxylic acids is 1. The molecule has 0 N–H and O–H groups in total. The summed E-state index contributed by atoms with van der Waals surface area (Å²) in [6.45, 7) is 3.67. The number of para-hydroxylation sites is 1. The number of hydrogen-bond donors (Lipinski definition) is 0. The Morgan fingerprint density at radius 1 is 1.13 bits per heavy atom. The molecule has 0 aliphatic carbocycles. The van der Waals surface area contributed by atoms with E-state index < -0.39 is 10.9 Å². The molecule has 6 heteroatoms. The highest BCUT2D eigenvalue weighted by atomic mass is 16.6. The number of rotatable bonds is 6. The van der Waals surface area contributed by atoms with Gasteiger partial charge in [0.05, 0.1) is 22.2 Å². The molecule has 0 saturated carbocycles. The number of carbonyl (C=O) groups is 1. The lowest BCUT2D eigenvalue weighted by atomic mass is 10.2. The molecule has 0 radical (unpaired) electrons. The van der Waals surface area contributed by atoms with Crippen molar-refractivity contribution < 1.29 is 19.2 Å². The fourth-order valence-electron chi connectivity index (χ4n) is 1.98. The Morgan fingerprint density at radius 2 is 1.78 bits per heavy atom. The van der Waals surface area contributed by atoms with Gasteiger partial charge >= 0.3 is 5.97 Å². The van der Waals surface area contributed by atoms with Crippen LogP contribution in [-0.2, 0) is 11.3 Å². The van der Waals surface area contributed by atoms with Gasteiger partial charge in [0.15, 0.2) is 0 Å². The molecule has 0 unspecified atom stereocenters. The molecule has 0 atom stereocenters. The van der Waals surface area contributed by atoms with Gasteiger partial charge in [-0.3, -0.25) is 10.1 Å². The molecule has 2 rings (SSSR count). The van der Waals surface area contributed by atoms with E-state index in [0.29, 0.717) is 16.9 Å². The predicted molar refractivity (Wildman–Crippen MR) is 84.4 cm³/mol. The molecular weight excluding hydrogens is 298 g/mol. The quantitative estimate of drug-likeness (QED) is 0.461. The minimum Gasteiger partial charge on any atom is -0.491 e. The molecule has 0 aliphatic rings. The minimum atomic E-state index is -0.542. The van der Waals surface area contributed by atoms with Crippen molar-refractivity contribution in [2.75, 3.05) is 0 Å². The van der Waals surface area contributed by atoms with Gasteiger partial charge in [0.25, 0.3) is 5.69 Å². The summed E-state index contributed by atoms with van der Waals surface area (Å²) in [4.78, 5) is 22.4. The summed E-state index contributed by atoms with van der Waals surface area (Å²) >= 11 is 0. The third-order valence-corrected chi connectivity index (χ3v) is 3.01. The van der Waals surface area contributed by atoms with Crippen LogP contribution < -0.4 is 4.74 Å². The van der Waals surface area contributed by atoms with E-state index in [4.69, 9.17) is 9.47 Å². The summed E-state index contributed by atoms with van der Waals surface area (Å²) in [5.41, 5.74) is 0.645. The van der Waals surface area contributed by atoms with Gasteiger partial charge in [-0.2, -0.15) is 0 Å². The van der Waals surface area contributed by atoms with Gasteiger partial charge in [0, 0.05) is 6.07 Å². The van der Waals surface area contributed by atoms with Crippen molar-refractivity contribution in [1.29, 1.82) is 0 Å². The maximum Gasteiger partial charge on any atom is 0.338 e. The standard InChI is InChI=1S/C17H17NO5/c1-12(2)23-15-9-7-13(8-10-15)17(19)22-11-14-5-3-4-6-16(14)18(20)21/h3-10,12H,11H2,1-2H3. The lowest BCUT2D eigenvalue weighted by Crippen LogP contribution is -2.08. The van der Waals surface area contributed by atoms with Crippen LogP contribution in [0.4, 0.5) is 5.69 Å². The van der Waals surface area contributed by atoms with Crippen molar-refractivity contribution in [3.63, 3.8) is 0 Å². The van der Waals surface area contributed by atoms with Gasteiger partial charge in [-0.05, 0) is 44.2 Å². The first kappa shape index (κ1) is 16.5. The van der Waals surface area contributed by atoms with E-state index >= 15 is 0 Å². The van der Waals surface area contributed by atoms with Crippen LogP contribution in [0.25, 0.3) is 0 Å². The smallest absolute Gasteiger partial charge is 0.338 e. The average molecular weight is 315 g/mol. The second-order valence-electron chi connectivity index (χ2n) is 5.15. The fourth-order valence-corrected chi connectivity index (χ4v) is 1.98. The van der Waals surface area contributed by atoms with E-state index in [9.17, 15) is 14.9 Å². The molecule has 0 fully saturated rings. The van der Waals surface area contributed by atoms with Gasteiger partial charge in [0.2, 0.25) is 0 Å². The first-order chi connectivity index (χ1) is 11.0. The zero-order valence-corrected chi connectivity index (χ0v) is 12.9. The van der Waals surface area contributed by atoms with Crippen LogP contribution in [0.1, 0.15) is 29.8 Å². The van der Waals surface area contributed by atoms with Crippen molar-refractivity contribution in [3.05, 3.63) is 69.8 Å². The normalized spacial score (nSPS) is 10.4. The number of benzene rings is 2. The van der Waals surface area contributed by atoms with E-state index in [2.05, 4.69) is 0 Å². The number of nitro benzene ring substituents is 1. The molecule has 6 nitrogen and oxygen atoms in total. The molecule has 0 aromatic heterocycles. The summed E-state index contributed by atoms with van der Waals surface area (Å²) in [5.74, 6) is 0.120. The number of hydrogen-bond acceptors (Lipinski definition) is 5. The van der Waals surface area contributed by atoms with Gasteiger partial charge in [-0.15, -0.1) is 0 Å². The van der Waals surface area contributed by atoms with Crippen molar-refractivity contribution in [2.45, 2.75) is 26.6 Å². The SMILES string of the molecule is CC(C)Oc1ccc(C(=O)OCc2ccccc2[N+](=O)[O-])cc1. The predicted octanol–water partition coefficient (Wildman–Crippen LogP) is 3.74. The Balaban J connectivity index is 2.01. The second-order valence-corrected chi connectivity index (χ2v) is 5.15.